The van der Waals surface area contributed by atoms with E-state index in [0.717, 1.165) is 0 Å². The number of carbonyl (C=O) groups excluding carboxylic acids is 1. The number of aryl methyl sites for hydroxylation is 1. The number of para-hydroxylation sites is 1. The normalized spacial score (nSPS) is 13.5. The number of aromatic nitrogens is 1. The highest BCUT2D eigenvalue weighted by molar-refractivity contribution is 6.07. The number of benzene rings is 1. The maximum absolute atomic E-state index is 12.5. The van der Waals surface area contributed by atoms with Gasteiger partial charge in [-0.2, -0.15) is 0 Å². The van der Waals surface area contributed by atoms with Crippen LogP contribution in [0.1, 0.15) is 17.3 Å². The lowest BCUT2D eigenvalue weighted by Crippen LogP contribution is -2.55. The average molecular weight is 318 g/mol. The molecule has 1 atom stereocenters. The Bertz CT molecular complexity index is 827. The van der Waals surface area contributed by atoms with E-state index in [1.807, 2.05) is 0 Å². The molecule has 0 saturated carbocycles. The minimum Gasteiger partial charge on any atom is -0.479 e. The first-order chi connectivity index (χ1) is 10.8. The summed E-state index contributed by atoms with van der Waals surface area (Å²) in [6, 6.07) is 8.13. The van der Waals surface area contributed by atoms with Crippen molar-refractivity contribution in [2.24, 2.45) is 7.05 Å². The molecule has 1 aromatic heterocycles. The van der Waals surface area contributed by atoms with Crippen LogP contribution in [-0.2, 0) is 16.6 Å². The van der Waals surface area contributed by atoms with Crippen molar-refractivity contribution in [3.8, 4) is 0 Å². The number of carbonyl (C=O) groups is 2. The number of hydrogen-bond acceptors (Lipinski definition) is 4. The Morgan fingerprint density at radius 3 is 2.61 bits per heavy atom. The van der Waals surface area contributed by atoms with Gasteiger partial charge in [-0.25, -0.2) is 4.79 Å². The Morgan fingerprint density at radius 2 is 2.00 bits per heavy atom. The van der Waals surface area contributed by atoms with Gasteiger partial charge in [0.25, 0.3) is 11.5 Å². The predicted octanol–water partition coefficient (Wildman–Crippen LogP) is 0.758. The van der Waals surface area contributed by atoms with Crippen molar-refractivity contribution in [2.75, 3.05) is 13.7 Å². The largest absolute Gasteiger partial charge is 0.479 e. The summed E-state index contributed by atoms with van der Waals surface area (Å²) in [4.78, 5) is 36.0. The molecule has 2 aromatic rings. The number of nitrogens with one attached hydrogen (secondary N) is 1. The number of hydrogen-bond donors (Lipinski definition) is 2. The summed E-state index contributed by atoms with van der Waals surface area (Å²) in [6.45, 7) is 1.15. The number of carboxylic acids is 1. The van der Waals surface area contributed by atoms with E-state index in [1.165, 1.54) is 24.7 Å². The topological polar surface area (TPSA) is 97.6 Å². The Balaban J connectivity index is 2.52. The van der Waals surface area contributed by atoms with Crippen molar-refractivity contribution in [2.45, 2.75) is 12.5 Å². The molecule has 0 aliphatic rings. The zero-order chi connectivity index (χ0) is 17.2. The summed E-state index contributed by atoms with van der Waals surface area (Å²) < 4.78 is 6.30. The number of carboxylic acid groups (broad SMARTS) is 1. The van der Waals surface area contributed by atoms with Crippen LogP contribution < -0.4 is 10.9 Å². The molecule has 1 heterocycles. The number of amides is 1. The second-order valence-electron chi connectivity index (χ2n) is 5.50. The van der Waals surface area contributed by atoms with E-state index < -0.39 is 17.4 Å². The Labute approximate surface area is 132 Å². The second kappa shape index (κ2) is 6.21. The third-order valence-electron chi connectivity index (χ3n) is 3.69. The summed E-state index contributed by atoms with van der Waals surface area (Å²) in [7, 11) is 2.96. The third-order valence-corrected chi connectivity index (χ3v) is 3.69. The van der Waals surface area contributed by atoms with Gasteiger partial charge in [-0.1, -0.05) is 18.2 Å². The van der Waals surface area contributed by atoms with Gasteiger partial charge in [0.2, 0.25) is 0 Å². The zero-order valence-corrected chi connectivity index (χ0v) is 13.1. The van der Waals surface area contributed by atoms with Crippen LogP contribution in [0, 0.1) is 0 Å². The Kier molecular flexibility index (Phi) is 4.51. The van der Waals surface area contributed by atoms with Crippen LogP contribution in [0.5, 0.6) is 0 Å². The van der Waals surface area contributed by atoms with Crippen LogP contribution in [0.4, 0.5) is 0 Å². The molecule has 0 aliphatic carbocycles. The van der Waals surface area contributed by atoms with E-state index in [0.29, 0.717) is 10.9 Å². The van der Waals surface area contributed by atoms with Gasteiger partial charge < -0.3 is 19.7 Å². The molecule has 0 radical (unpaired) electrons. The summed E-state index contributed by atoms with van der Waals surface area (Å²) in [5.74, 6) is -1.86. The lowest BCUT2D eigenvalue weighted by Gasteiger charge is -2.25. The highest BCUT2D eigenvalue weighted by Crippen LogP contribution is 2.17. The van der Waals surface area contributed by atoms with E-state index in [2.05, 4.69) is 5.32 Å². The quantitative estimate of drug-likeness (QED) is 0.848. The molecule has 0 saturated heterocycles. The Hall–Kier alpha value is -2.67. The van der Waals surface area contributed by atoms with E-state index >= 15 is 0 Å². The molecular weight excluding hydrogens is 300 g/mol. The molecule has 2 N–H and O–H groups in total. The number of methoxy groups -OCH3 is 1. The zero-order valence-electron chi connectivity index (χ0n) is 13.1. The fourth-order valence-corrected chi connectivity index (χ4v) is 2.36. The van der Waals surface area contributed by atoms with Crippen molar-refractivity contribution in [3.63, 3.8) is 0 Å². The van der Waals surface area contributed by atoms with Crippen molar-refractivity contribution in [1.29, 1.82) is 0 Å². The molecule has 7 nitrogen and oxygen atoms in total. The average Bonchev–Trinajstić information content (AvgIpc) is 2.50. The highest BCUT2D eigenvalue weighted by atomic mass is 16.5. The number of ether oxygens (including phenoxy) is 1. The standard InChI is InChI=1S/C16H18N2O5/c1-16(9-23-3,15(21)22)17-14(20)11-8-13(19)18(2)12-7-5-4-6-10(11)12/h4-8H,9H2,1-3H3,(H,17,20)(H,21,22). The number of rotatable bonds is 5. The first-order valence-electron chi connectivity index (χ1n) is 6.94. The first-order valence-corrected chi connectivity index (χ1v) is 6.94. The van der Waals surface area contributed by atoms with Gasteiger partial charge in [-0.3, -0.25) is 9.59 Å². The third kappa shape index (κ3) is 3.09. The monoisotopic (exact) mass is 318 g/mol. The molecule has 2 rings (SSSR count). The van der Waals surface area contributed by atoms with Gasteiger partial charge in [0.05, 0.1) is 17.7 Å². The van der Waals surface area contributed by atoms with Gasteiger partial charge >= 0.3 is 5.97 Å². The molecule has 7 heteroatoms. The molecule has 0 bridgehead atoms. The van der Waals surface area contributed by atoms with Crippen molar-refractivity contribution >= 4 is 22.8 Å². The second-order valence-corrected chi connectivity index (χ2v) is 5.50. The van der Waals surface area contributed by atoms with Crippen molar-refractivity contribution in [3.05, 3.63) is 46.2 Å². The van der Waals surface area contributed by atoms with Gasteiger partial charge in [0.15, 0.2) is 5.54 Å². The lowest BCUT2D eigenvalue weighted by molar-refractivity contribution is -0.145. The SMILES string of the molecule is COCC(C)(NC(=O)c1cc(=O)n(C)c2ccccc12)C(=O)O. The molecule has 0 aliphatic heterocycles. The molecule has 1 amide bonds. The highest BCUT2D eigenvalue weighted by Gasteiger charge is 2.35. The van der Waals surface area contributed by atoms with Crippen LogP contribution >= 0.6 is 0 Å². The van der Waals surface area contributed by atoms with E-state index in [-0.39, 0.29) is 17.7 Å². The molecule has 0 fully saturated rings. The number of aliphatic carboxylic acids is 1. The van der Waals surface area contributed by atoms with Gasteiger partial charge in [0, 0.05) is 25.6 Å². The summed E-state index contributed by atoms with van der Waals surface area (Å²) in [5, 5.41) is 12.3. The van der Waals surface area contributed by atoms with E-state index in [1.54, 1.807) is 31.3 Å². The van der Waals surface area contributed by atoms with Crippen LogP contribution in [-0.4, -0.2) is 40.8 Å². The van der Waals surface area contributed by atoms with Crippen molar-refractivity contribution < 1.29 is 19.4 Å². The van der Waals surface area contributed by atoms with Crippen LogP contribution in [0.2, 0.25) is 0 Å². The fourth-order valence-electron chi connectivity index (χ4n) is 2.36. The van der Waals surface area contributed by atoms with Crippen LogP contribution in [0.15, 0.2) is 35.1 Å². The van der Waals surface area contributed by atoms with E-state index in [9.17, 15) is 19.5 Å². The fraction of sp³-hybridized carbons (Fsp3) is 0.312. The smallest absolute Gasteiger partial charge is 0.331 e. The minimum atomic E-state index is -1.59. The maximum Gasteiger partial charge on any atom is 0.331 e. The van der Waals surface area contributed by atoms with Crippen LogP contribution in [0.25, 0.3) is 10.9 Å². The summed E-state index contributed by atoms with van der Waals surface area (Å²) >= 11 is 0. The van der Waals surface area contributed by atoms with Gasteiger partial charge in [0.1, 0.15) is 0 Å². The minimum absolute atomic E-state index is 0.132. The molecule has 122 valence electrons. The first kappa shape index (κ1) is 16.7. The number of nitrogens with zero attached hydrogens (tertiary/aromatic N) is 1. The molecular formula is C16H18N2O5. The maximum atomic E-state index is 12.5. The molecule has 0 spiro atoms. The van der Waals surface area contributed by atoms with E-state index in [4.69, 9.17) is 4.74 Å². The number of fused-ring (bicyclic) bond motifs is 1. The summed E-state index contributed by atoms with van der Waals surface area (Å²) in [6.07, 6.45) is 0. The summed E-state index contributed by atoms with van der Waals surface area (Å²) in [5.41, 5.74) is -1.22. The molecule has 23 heavy (non-hydrogen) atoms. The van der Waals surface area contributed by atoms with Crippen LogP contribution in [0.3, 0.4) is 0 Å². The predicted molar refractivity (Wildman–Crippen MR) is 84.6 cm³/mol. The molecule has 1 aromatic carbocycles. The van der Waals surface area contributed by atoms with Gasteiger partial charge in [-0.05, 0) is 13.0 Å². The van der Waals surface area contributed by atoms with Gasteiger partial charge in [-0.15, -0.1) is 0 Å². The lowest BCUT2D eigenvalue weighted by atomic mass is 10.0. The number of pyridine rings is 1. The van der Waals surface area contributed by atoms with Crippen molar-refractivity contribution in [1.82, 2.24) is 9.88 Å². The molecule has 1 unspecified atom stereocenters. The Morgan fingerprint density at radius 1 is 1.35 bits per heavy atom.